The highest BCUT2D eigenvalue weighted by molar-refractivity contribution is 9.09. The molecule has 0 spiro atoms. The quantitative estimate of drug-likeness (QED) is 0.151. The lowest BCUT2D eigenvalue weighted by molar-refractivity contribution is 0.605. The number of rotatable bonds is 12. The number of unbranched alkanes of at least 4 members (excludes halogenated alkanes) is 6. The van der Waals surface area contributed by atoms with Crippen LogP contribution in [0.5, 0.6) is 0 Å². The van der Waals surface area contributed by atoms with Crippen LogP contribution in [0.2, 0.25) is 0 Å². The topological polar surface area (TPSA) is 0 Å². The van der Waals surface area contributed by atoms with E-state index < -0.39 is 7.26 Å². The van der Waals surface area contributed by atoms with E-state index in [2.05, 4.69) is 107 Å². The van der Waals surface area contributed by atoms with Crippen LogP contribution < -0.4 is 15.9 Å². The summed E-state index contributed by atoms with van der Waals surface area (Å²) in [5.74, 6) is 0. The van der Waals surface area contributed by atoms with Gasteiger partial charge >= 0.3 is 0 Å². The van der Waals surface area contributed by atoms with Gasteiger partial charge < -0.3 is 0 Å². The second kappa shape index (κ2) is 12.3. The first-order valence-corrected chi connectivity index (χ1v) is 14.1. The van der Waals surface area contributed by atoms with Gasteiger partial charge in [0.1, 0.15) is 23.2 Å². The second-order valence-electron chi connectivity index (χ2n) is 7.70. The zero-order chi connectivity index (χ0) is 20.2. The molecule has 0 aliphatic carbocycles. The van der Waals surface area contributed by atoms with Gasteiger partial charge in [-0.2, -0.15) is 0 Å². The van der Waals surface area contributed by atoms with Crippen molar-refractivity contribution in [1.82, 2.24) is 0 Å². The maximum atomic E-state index is 3.54. The molecule has 0 aliphatic heterocycles. The Labute approximate surface area is 186 Å². The van der Waals surface area contributed by atoms with E-state index in [-0.39, 0.29) is 0 Å². The predicted molar refractivity (Wildman–Crippen MR) is 136 cm³/mol. The van der Waals surface area contributed by atoms with Crippen molar-refractivity contribution in [2.45, 2.75) is 44.9 Å². The SMILES string of the molecule is BrCCCCCCCCC[P+](c1ccccc1)(c1ccccc1)c1ccccc1. The van der Waals surface area contributed by atoms with Crippen molar-refractivity contribution in [2.75, 3.05) is 11.5 Å². The van der Waals surface area contributed by atoms with Gasteiger partial charge in [0, 0.05) is 5.33 Å². The lowest BCUT2D eigenvalue weighted by atomic mass is 10.1. The van der Waals surface area contributed by atoms with Gasteiger partial charge in [-0.3, -0.25) is 0 Å². The lowest BCUT2D eigenvalue weighted by Gasteiger charge is -2.27. The molecule has 2 heteroatoms. The summed E-state index contributed by atoms with van der Waals surface area (Å²) in [6.45, 7) is 0. The van der Waals surface area contributed by atoms with Crippen molar-refractivity contribution in [3.05, 3.63) is 91.0 Å². The molecule has 0 saturated carbocycles. The van der Waals surface area contributed by atoms with E-state index in [1.807, 2.05) is 0 Å². The third-order valence-electron chi connectivity index (χ3n) is 5.72. The van der Waals surface area contributed by atoms with Crippen LogP contribution in [0.4, 0.5) is 0 Å². The van der Waals surface area contributed by atoms with E-state index in [9.17, 15) is 0 Å². The maximum absolute atomic E-state index is 3.54. The number of halogens is 1. The third-order valence-corrected chi connectivity index (χ3v) is 10.8. The van der Waals surface area contributed by atoms with Crippen molar-refractivity contribution in [1.29, 1.82) is 0 Å². The normalized spacial score (nSPS) is 11.5. The summed E-state index contributed by atoms with van der Waals surface area (Å²) in [5.41, 5.74) is 0. The van der Waals surface area contributed by atoms with Crippen molar-refractivity contribution < 1.29 is 0 Å². The molecule has 0 unspecified atom stereocenters. The van der Waals surface area contributed by atoms with Crippen molar-refractivity contribution >= 4 is 39.1 Å². The second-order valence-corrected chi connectivity index (χ2v) is 12.1. The fraction of sp³-hybridized carbons (Fsp3) is 0.333. The summed E-state index contributed by atoms with van der Waals surface area (Å²) in [6, 6.07) is 33.8. The average molecular weight is 468 g/mol. The highest BCUT2D eigenvalue weighted by Gasteiger charge is 2.44. The Balaban J connectivity index is 1.83. The van der Waals surface area contributed by atoms with Crippen LogP contribution in [0, 0.1) is 0 Å². The first-order valence-electron chi connectivity index (χ1n) is 11.0. The molecular formula is C27H33BrP+. The van der Waals surface area contributed by atoms with E-state index in [0.29, 0.717) is 0 Å². The Kier molecular flexibility index (Phi) is 9.45. The fourth-order valence-electron chi connectivity index (χ4n) is 4.21. The fourth-order valence-corrected chi connectivity index (χ4v) is 9.02. The van der Waals surface area contributed by atoms with E-state index in [1.54, 1.807) is 0 Å². The molecule has 0 atom stereocenters. The lowest BCUT2D eigenvalue weighted by Crippen LogP contribution is -2.33. The minimum absolute atomic E-state index is 1.14. The molecular weight excluding hydrogens is 435 g/mol. The van der Waals surface area contributed by atoms with Gasteiger partial charge in [-0.1, -0.05) is 96.2 Å². The van der Waals surface area contributed by atoms with Crippen molar-refractivity contribution in [3.63, 3.8) is 0 Å². The summed E-state index contributed by atoms with van der Waals surface area (Å²) in [7, 11) is -1.63. The van der Waals surface area contributed by atoms with Gasteiger partial charge in [0.25, 0.3) is 0 Å². The first kappa shape index (κ1) is 22.3. The molecule has 0 nitrogen and oxygen atoms in total. The minimum Gasteiger partial charge on any atom is -0.0928 e. The summed E-state index contributed by atoms with van der Waals surface area (Å²) in [6.07, 6.45) is 10.7. The Morgan fingerprint density at radius 2 is 0.793 bits per heavy atom. The van der Waals surface area contributed by atoms with Crippen molar-refractivity contribution in [3.8, 4) is 0 Å². The Bertz CT molecular complexity index is 705. The number of hydrogen-bond acceptors (Lipinski definition) is 0. The van der Waals surface area contributed by atoms with Gasteiger partial charge in [0.15, 0.2) is 0 Å². The molecule has 3 aromatic carbocycles. The zero-order valence-electron chi connectivity index (χ0n) is 17.3. The number of benzene rings is 3. The molecule has 0 N–H and O–H groups in total. The Morgan fingerprint density at radius 1 is 0.448 bits per heavy atom. The van der Waals surface area contributed by atoms with Crippen LogP contribution >= 0.6 is 23.2 Å². The van der Waals surface area contributed by atoms with Crippen LogP contribution in [-0.4, -0.2) is 11.5 Å². The molecule has 3 rings (SSSR count). The molecule has 0 radical (unpaired) electrons. The van der Waals surface area contributed by atoms with Crippen LogP contribution in [-0.2, 0) is 0 Å². The van der Waals surface area contributed by atoms with E-state index >= 15 is 0 Å². The largest absolute Gasteiger partial charge is 0.112 e. The highest BCUT2D eigenvalue weighted by atomic mass is 79.9. The van der Waals surface area contributed by atoms with Gasteiger partial charge in [0.2, 0.25) is 0 Å². The highest BCUT2D eigenvalue weighted by Crippen LogP contribution is 2.55. The van der Waals surface area contributed by atoms with Gasteiger partial charge in [-0.05, 0) is 55.7 Å². The minimum atomic E-state index is -1.63. The van der Waals surface area contributed by atoms with Crippen LogP contribution in [0.15, 0.2) is 91.0 Å². The standard InChI is InChI=1S/C27H33BrP/c28-23-15-4-2-1-3-5-16-24-29(25-17-9-6-10-18-25,26-19-11-7-12-20-26)27-21-13-8-14-22-27/h6-14,17-22H,1-5,15-16,23-24H2/q+1. The predicted octanol–water partition coefficient (Wildman–Crippen LogP) is 7.11. The van der Waals surface area contributed by atoms with Gasteiger partial charge in [-0.15, -0.1) is 0 Å². The smallest absolute Gasteiger partial charge is 0.0928 e. The third kappa shape index (κ3) is 6.03. The van der Waals surface area contributed by atoms with Gasteiger partial charge in [-0.25, -0.2) is 0 Å². The summed E-state index contributed by atoms with van der Waals surface area (Å²) >= 11 is 3.54. The van der Waals surface area contributed by atoms with E-state index in [1.165, 1.54) is 67.0 Å². The van der Waals surface area contributed by atoms with Gasteiger partial charge in [0.05, 0.1) is 6.16 Å². The van der Waals surface area contributed by atoms with Crippen LogP contribution in [0.3, 0.4) is 0 Å². The number of hydrogen-bond donors (Lipinski definition) is 0. The average Bonchev–Trinajstić information content (AvgIpc) is 2.80. The monoisotopic (exact) mass is 467 g/mol. The zero-order valence-corrected chi connectivity index (χ0v) is 19.8. The summed E-state index contributed by atoms with van der Waals surface area (Å²) in [4.78, 5) is 0. The molecule has 152 valence electrons. The van der Waals surface area contributed by atoms with Crippen molar-refractivity contribution in [2.24, 2.45) is 0 Å². The maximum Gasteiger partial charge on any atom is 0.112 e. The van der Waals surface area contributed by atoms with Crippen LogP contribution in [0.25, 0.3) is 0 Å². The Morgan fingerprint density at radius 3 is 1.17 bits per heavy atom. The first-order chi connectivity index (χ1) is 14.4. The van der Waals surface area contributed by atoms with E-state index in [0.717, 1.165) is 5.33 Å². The summed E-state index contributed by atoms with van der Waals surface area (Å²) < 4.78 is 0. The molecule has 29 heavy (non-hydrogen) atoms. The molecule has 0 bridgehead atoms. The van der Waals surface area contributed by atoms with E-state index in [4.69, 9.17) is 0 Å². The van der Waals surface area contributed by atoms with Crippen LogP contribution in [0.1, 0.15) is 44.9 Å². The Hall–Kier alpha value is -1.43. The molecule has 0 aliphatic rings. The molecule has 0 heterocycles. The molecule has 0 fully saturated rings. The molecule has 0 aromatic heterocycles. The summed E-state index contributed by atoms with van der Waals surface area (Å²) in [5, 5.41) is 5.67. The number of alkyl halides is 1. The molecule has 0 amide bonds. The molecule has 0 saturated heterocycles. The molecule has 3 aromatic rings.